The molecule has 2 atom stereocenters. The monoisotopic (exact) mass is 424 g/mol. The van der Waals surface area contributed by atoms with Crippen molar-refractivity contribution < 1.29 is 9.59 Å². The first-order valence-corrected chi connectivity index (χ1v) is 8.98. The van der Waals surface area contributed by atoms with Crippen LogP contribution in [0.1, 0.15) is 28.8 Å². The number of nitrogens with zero attached hydrogens (tertiary/aromatic N) is 1. The average molecular weight is 425 g/mol. The van der Waals surface area contributed by atoms with E-state index in [0.717, 1.165) is 24.9 Å². The summed E-state index contributed by atoms with van der Waals surface area (Å²) < 4.78 is 0. The van der Waals surface area contributed by atoms with Crippen molar-refractivity contribution in [2.75, 3.05) is 13.1 Å². The molecule has 2 aromatic rings. The predicted octanol–water partition coefficient (Wildman–Crippen LogP) is 2.13. The summed E-state index contributed by atoms with van der Waals surface area (Å²) in [5.41, 5.74) is 1.44. The van der Waals surface area contributed by atoms with E-state index in [-0.39, 0.29) is 36.6 Å². The van der Waals surface area contributed by atoms with Crippen LogP contribution >= 0.6 is 24.8 Å². The second-order valence-electron chi connectivity index (χ2n) is 6.50. The maximum absolute atomic E-state index is 12.7. The van der Waals surface area contributed by atoms with Gasteiger partial charge in [0.2, 0.25) is 5.91 Å². The molecule has 1 fully saturated rings. The molecule has 2 heterocycles. The minimum Gasteiger partial charge on any atom is -0.353 e. The molecule has 0 bridgehead atoms. The summed E-state index contributed by atoms with van der Waals surface area (Å²) >= 11 is 0. The van der Waals surface area contributed by atoms with Gasteiger partial charge in [-0.2, -0.15) is 0 Å². The SMILES string of the molecule is Cl.Cl.O=C(NC(Cc1ccccc1)C(=O)NCC1CCCN1)c1cccnc1. The molecule has 1 aromatic carbocycles. The molecular weight excluding hydrogens is 399 g/mol. The maximum Gasteiger partial charge on any atom is 0.253 e. The van der Waals surface area contributed by atoms with Crippen molar-refractivity contribution in [3.63, 3.8) is 0 Å². The molecule has 2 unspecified atom stereocenters. The topological polar surface area (TPSA) is 83.1 Å². The Hall–Kier alpha value is -2.15. The molecule has 0 saturated carbocycles. The van der Waals surface area contributed by atoms with Gasteiger partial charge in [-0.15, -0.1) is 24.8 Å². The number of benzene rings is 1. The molecule has 0 aliphatic carbocycles. The Kier molecular flexibility index (Phi) is 10.5. The standard InChI is InChI=1S/C20H24N4O2.2ClH/c25-19(16-8-4-10-21-13-16)24-18(12-15-6-2-1-3-7-15)20(26)23-14-17-9-5-11-22-17;;/h1-4,6-8,10,13,17-18,22H,5,9,11-12,14H2,(H,23,26)(H,24,25);2*1H. The van der Waals surface area contributed by atoms with Crippen molar-refractivity contribution in [1.82, 2.24) is 20.9 Å². The van der Waals surface area contributed by atoms with Gasteiger partial charge in [0, 0.05) is 31.4 Å². The minimum absolute atomic E-state index is 0. The third-order valence-electron chi connectivity index (χ3n) is 4.51. The zero-order chi connectivity index (χ0) is 18.2. The molecule has 3 N–H and O–H groups in total. The fourth-order valence-corrected chi connectivity index (χ4v) is 3.08. The number of carbonyl (C=O) groups is 2. The van der Waals surface area contributed by atoms with E-state index in [1.807, 2.05) is 30.3 Å². The number of rotatable bonds is 7. The summed E-state index contributed by atoms with van der Waals surface area (Å²) in [6.07, 6.45) is 5.74. The van der Waals surface area contributed by atoms with Crippen LogP contribution in [-0.4, -0.2) is 42.0 Å². The lowest BCUT2D eigenvalue weighted by Crippen LogP contribution is -2.50. The van der Waals surface area contributed by atoms with Crippen LogP contribution in [0.15, 0.2) is 54.9 Å². The highest BCUT2D eigenvalue weighted by atomic mass is 35.5. The van der Waals surface area contributed by atoms with Gasteiger partial charge in [-0.3, -0.25) is 14.6 Å². The van der Waals surface area contributed by atoms with Crippen LogP contribution in [0.5, 0.6) is 0 Å². The van der Waals surface area contributed by atoms with Crippen LogP contribution in [0.4, 0.5) is 0 Å². The van der Waals surface area contributed by atoms with E-state index in [1.54, 1.807) is 18.3 Å². The largest absolute Gasteiger partial charge is 0.353 e. The number of hydrogen-bond acceptors (Lipinski definition) is 4. The molecule has 152 valence electrons. The Morgan fingerprint density at radius 3 is 2.57 bits per heavy atom. The van der Waals surface area contributed by atoms with E-state index in [4.69, 9.17) is 0 Å². The van der Waals surface area contributed by atoms with E-state index in [1.165, 1.54) is 6.20 Å². The smallest absolute Gasteiger partial charge is 0.253 e. The number of pyridine rings is 1. The van der Waals surface area contributed by atoms with Gasteiger partial charge in [0.05, 0.1) is 5.56 Å². The van der Waals surface area contributed by atoms with Crippen LogP contribution in [0.3, 0.4) is 0 Å². The lowest BCUT2D eigenvalue weighted by Gasteiger charge is -2.20. The van der Waals surface area contributed by atoms with E-state index >= 15 is 0 Å². The van der Waals surface area contributed by atoms with E-state index in [9.17, 15) is 9.59 Å². The molecule has 0 spiro atoms. The van der Waals surface area contributed by atoms with E-state index in [2.05, 4.69) is 20.9 Å². The zero-order valence-electron chi connectivity index (χ0n) is 15.5. The van der Waals surface area contributed by atoms with Crippen LogP contribution in [0, 0.1) is 0 Å². The summed E-state index contributed by atoms with van der Waals surface area (Å²) in [7, 11) is 0. The summed E-state index contributed by atoms with van der Waals surface area (Å²) in [6, 6.07) is 12.8. The van der Waals surface area contributed by atoms with Gasteiger partial charge in [0.1, 0.15) is 6.04 Å². The van der Waals surface area contributed by atoms with Crippen LogP contribution < -0.4 is 16.0 Å². The summed E-state index contributed by atoms with van der Waals surface area (Å²) in [6.45, 7) is 1.57. The fourth-order valence-electron chi connectivity index (χ4n) is 3.08. The summed E-state index contributed by atoms with van der Waals surface area (Å²) in [4.78, 5) is 29.1. The van der Waals surface area contributed by atoms with Crippen molar-refractivity contribution >= 4 is 36.6 Å². The van der Waals surface area contributed by atoms with Crippen LogP contribution in [0.2, 0.25) is 0 Å². The Morgan fingerprint density at radius 2 is 1.93 bits per heavy atom. The normalized spacial score (nSPS) is 16.2. The van der Waals surface area contributed by atoms with Crippen LogP contribution in [-0.2, 0) is 11.2 Å². The number of nitrogens with one attached hydrogen (secondary N) is 3. The molecule has 1 aromatic heterocycles. The van der Waals surface area contributed by atoms with Crippen molar-refractivity contribution in [3.8, 4) is 0 Å². The first-order chi connectivity index (χ1) is 12.7. The number of halogens is 2. The Morgan fingerprint density at radius 1 is 1.14 bits per heavy atom. The van der Waals surface area contributed by atoms with Crippen molar-refractivity contribution in [2.24, 2.45) is 0 Å². The van der Waals surface area contributed by atoms with Crippen molar-refractivity contribution in [2.45, 2.75) is 31.3 Å². The number of hydrogen-bond donors (Lipinski definition) is 3. The lowest BCUT2D eigenvalue weighted by molar-refractivity contribution is -0.123. The Bertz CT molecular complexity index is 726. The first-order valence-electron chi connectivity index (χ1n) is 8.98. The van der Waals surface area contributed by atoms with Crippen molar-refractivity contribution in [3.05, 3.63) is 66.0 Å². The van der Waals surface area contributed by atoms with Gasteiger partial charge >= 0.3 is 0 Å². The van der Waals surface area contributed by atoms with Gasteiger partial charge < -0.3 is 16.0 Å². The molecule has 0 radical (unpaired) electrons. The van der Waals surface area contributed by atoms with E-state index in [0.29, 0.717) is 24.6 Å². The first kappa shape index (κ1) is 23.9. The second-order valence-corrected chi connectivity index (χ2v) is 6.50. The Labute approximate surface area is 177 Å². The minimum atomic E-state index is -0.633. The quantitative estimate of drug-likeness (QED) is 0.635. The van der Waals surface area contributed by atoms with Gasteiger partial charge in [-0.05, 0) is 37.1 Å². The molecular formula is C20H26Cl2N4O2. The van der Waals surface area contributed by atoms with Gasteiger partial charge in [-0.25, -0.2) is 0 Å². The number of aromatic nitrogens is 1. The highest BCUT2D eigenvalue weighted by Crippen LogP contribution is 2.07. The maximum atomic E-state index is 12.7. The highest BCUT2D eigenvalue weighted by Gasteiger charge is 2.23. The predicted molar refractivity (Wildman–Crippen MR) is 114 cm³/mol. The fraction of sp³-hybridized carbons (Fsp3) is 0.350. The molecule has 2 amide bonds. The zero-order valence-corrected chi connectivity index (χ0v) is 17.1. The third-order valence-corrected chi connectivity index (χ3v) is 4.51. The van der Waals surface area contributed by atoms with Crippen LogP contribution in [0.25, 0.3) is 0 Å². The molecule has 6 nitrogen and oxygen atoms in total. The van der Waals surface area contributed by atoms with Gasteiger partial charge in [0.15, 0.2) is 0 Å². The molecule has 8 heteroatoms. The number of amides is 2. The second kappa shape index (κ2) is 12.3. The molecule has 1 aliphatic heterocycles. The molecule has 3 rings (SSSR count). The highest BCUT2D eigenvalue weighted by molar-refractivity contribution is 5.97. The average Bonchev–Trinajstić information content (AvgIpc) is 3.20. The third kappa shape index (κ3) is 7.11. The summed E-state index contributed by atoms with van der Waals surface area (Å²) in [5, 5.41) is 9.17. The summed E-state index contributed by atoms with van der Waals surface area (Å²) in [5.74, 6) is -0.465. The Balaban J connectivity index is 0.00000196. The van der Waals surface area contributed by atoms with E-state index < -0.39 is 6.04 Å². The van der Waals surface area contributed by atoms with Gasteiger partial charge in [-0.1, -0.05) is 30.3 Å². The van der Waals surface area contributed by atoms with Crippen molar-refractivity contribution in [1.29, 1.82) is 0 Å². The lowest BCUT2D eigenvalue weighted by atomic mass is 10.0. The number of carbonyl (C=O) groups excluding carboxylic acids is 2. The molecule has 1 aliphatic rings. The van der Waals surface area contributed by atoms with Gasteiger partial charge in [0.25, 0.3) is 5.91 Å². The molecule has 28 heavy (non-hydrogen) atoms. The molecule has 1 saturated heterocycles.